The second kappa shape index (κ2) is 6.02. The second-order valence-electron chi connectivity index (χ2n) is 4.10. The molecule has 0 heterocycles. The summed E-state index contributed by atoms with van der Waals surface area (Å²) in [6.07, 6.45) is -0.591. The summed E-state index contributed by atoms with van der Waals surface area (Å²) in [7, 11) is 1.60. The molecular formula is C12H17N3O3. The van der Waals surface area contributed by atoms with Crippen LogP contribution >= 0.6 is 0 Å². The summed E-state index contributed by atoms with van der Waals surface area (Å²) < 4.78 is 0. The van der Waals surface area contributed by atoms with Gasteiger partial charge in [-0.2, -0.15) is 0 Å². The number of aliphatic hydroxyl groups excluding tert-OH is 1. The van der Waals surface area contributed by atoms with Crippen LogP contribution in [-0.4, -0.2) is 46.7 Å². The van der Waals surface area contributed by atoms with E-state index >= 15 is 0 Å². The van der Waals surface area contributed by atoms with Crippen molar-refractivity contribution in [3.8, 4) is 0 Å². The van der Waals surface area contributed by atoms with E-state index in [1.165, 1.54) is 11.0 Å². The first kappa shape index (κ1) is 14.0. The number of carbonyl (C=O) groups is 1. The first-order chi connectivity index (χ1) is 8.45. The van der Waals surface area contributed by atoms with Gasteiger partial charge in [0.05, 0.1) is 6.10 Å². The minimum absolute atomic E-state index is 0.0529. The van der Waals surface area contributed by atoms with Gasteiger partial charge in [0.25, 0.3) is 5.91 Å². The summed E-state index contributed by atoms with van der Waals surface area (Å²) in [6.45, 7) is 1.85. The maximum atomic E-state index is 12.0. The molecule has 1 aromatic rings. The van der Waals surface area contributed by atoms with Crippen LogP contribution in [0.3, 0.4) is 0 Å². The van der Waals surface area contributed by atoms with Crippen molar-refractivity contribution in [1.82, 2.24) is 4.90 Å². The van der Waals surface area contributed by atoms with Gasteiger partial charge >= 0.3 is 0 Å². The second-order valence-corrected chi connectivity index (χ2v) is 4.10. The fraction of sp³-hybridized carbons (Fsp3) is 0.333. The third kappa shape index (κ3) is 3.46. The van der Waals surface area contributed by atoms with E-state index in [-0.39, 0.29) is 18.3 Å². The third-order valence-electron chi connectivity index (χ3n) is 2.40. The van der Waals surface area contributed by atoms with Crippen LogP contribution in [0.1, 0.15) is 22.8 Å². The van der Waals surface area contributed by atoms with Gasteiger partial charge in [-0.1, -0.05) is 17.3 Å². The molecule has 18 heavy (non-hydrogen) atoms. The van der Waals surface area contributed by atoms with Crippen molar-refractivity contribution < 1.29 is 15.1 Å². The van der Waals surface area contributed by atoms with E-state index < -0.39 is 6.10 Å². The van der Waals surface area contributed by atoms with Crippen molar-refractivity contribution in [1.29, 1.82) is 0 Å². The maximum Gasteiger partial charge on any atom is 0.253 e. The van der Waals surface area contributed by atoms with E-state index in [1.54, 1.807) is 32.2 Å². The molecule has 0 aromatic heterocycles. The average Bonchev–Trinajstić information content (AvgIpc) is 2.36. The number of nitrogens with zero attached hydrogens (tertiary/aromatic N) is 2. The van der Waals surface area contributed by atoms with E-state index in [9.17, 15) is 9.90 Å². The summed E-state index contributed by atoms with van der Waals surface area (Å²) in [5.41, 5.74) is 6.34. The lowest BCUT2D eigenvalue weighted by Gasteiger charge is -2.19. The fourth-order valence-electron chi connectivity index (χ4n) is 1.57. The molecule has 6 heteroatoms. The maximum absolute atomic E-state index is 12.0. The molecule has 1 rings (SSSR count). The molecular weight excluding hydrogens is 234 g/mol. The van der Waals surface area contributed by atoms with Crippen molar-refractivity contribution in [3.63, 3.8) is 0 Å². The summed E-state index contributed by atoms with van der Waals surface area (Å²) in [5, 5.41) is 20.7. The molecule has 1 atom stereocenters. The summed E-state index contributed by atoms with van der Waals surface area (Å²) in [6, 6.07) is 6.46. The molecule has 1 aromatic carbocycles. The minimum Gasteiger partial charge on any atom is -0.409 e. The van der Waals surface area contributed by atoms with E-state index in [4.69, 9.17) is 10.9 Å². The van der Waals surface area contributed by atoms with Gasteiger partial charge in [0.1, 0.15) is 0 Å². The van der Waals surface area contributed by atoms with Crippen LogP contribution in [0.15, 0.2) is 29.4 Å². The number of rotatable bonds is 4. The Bertz CT molecular complexity index is 458. The van der Waals surface area contributed by atoms with Crippen LogP contribution in [-0.2, 0) is 0 Å². The molecule has 6 nitrogen and oxygen atoms in total. The predicted octanol–water partition coefficient (Wildman–Crippen LogP) is 0.234. The van der Waals surface area contributed by atoms with Crippen molar-refractivity contribution >= 4 is 11.7 Å². The molecule has 0 radical (unpaired) electrons. The van der Waals surface area contributed by atoms with E-state index in [1.807, 2.05) is 0 Å². The smallest absolute Gasteiger partial charge is 0.253 e. The van der Waals surface area contributed by atoms with Crippen molar-refractivity contribution in [3.05, 3.63) is 35.4 Å². The largest absolute Gasteiger partial charge is 0.409 e. The van der Waals surface area contributed by atoms with Crippen LogP contribution in [0.2, 0.25) is 0 Å². The Hall–Kier alpha value is -2.08. The first-order valence-electron chi connectivity index (χ1n) is 5.47. The number of amidine groups is 1. The Morgan fingerprint density at radius 1 is 1.50 bits per heavy atom. The first-order valence-corrected chi connectivity index (χ1v) is 5.47. The van der Waals surface area contributed by atoms with Gasteiger partial charge in [0.15, 0.2) is 5.84 Å². The zero-order valence-corrected chi connectivity index (χ0v) is 10.4. The lowest BCUT2D eigenvalue weighted by Crippen LogP contribution is -2.33. The topological polar surface area (TPSA) is 99.2 Å². The van der Waals surface area contributed by atoms with Crippen LogP contribution in [0.5, 0.6) is 0 Å². The molecule has 0 aliphatic heterocycles. The van der Waals surface area contributed by atoms with Crippen molar-refractivity contribution in [2.24, 2.45) is 10.9 Å². The number of nitrogens with two attached hydrogens (primary N) is 1. The quantitative estimate of drug-likeness (QED) is 0.309. The van der Waals surface area contributed by atoms with Gasteiger partial charge in [0, 0.05) is 24.7 Å². The summed E-state index contributed by atoms with van der Waals surface area (Å²) in [4.78, 5) is 13.4. The number of aliphatic hydroxyl groups is 1. The van der Waals surface area contributed by atoms with Crippen LogP contribution < -0.4 is 5.73 Å². The van der Waals surface area contributed by atoms with Crippen molar-refractivity contribution in [2.75, 3.05) is 13.6 Å². The highest BCUT2D eigenvalue weighted by molar-refractivity contribution is 6.01. The van der Waals surface area contributed by atoms with Gasteiger partial charge < -0.3 is 20.9 Å². The Morgan fingerprint density at radius 3 is 2.67 bits per heavy atom. The summed E-state index contributed by atoms with van der Waals surface area (Å²) >= 11 is 0. The van der Waals surface area contributed by atoms with Gasteiger partial charge in [-0.3, -0.25) is 4.79 Å². The number of amides is 1. The van der Waals surface area contributed by atoms with Crippen LogP contribution in [0, 0.1) is 0 Å². The molecule has 0 aliphatic rings. The van der Waals surface area contributed by atoms with Crippen molar-refractivity contribution in [2.45, 2.75) is 13.0 Å². The third-order valence-corrected chi connectivity index (χ3v) is 2.40. The number of hydrogen-bond donors (Lipinski definition) is 3. The summed E-state index contributed by atoms with van der Waals surface area (Å²) in [5.74, 6) is -0.286. The number of benzene rings is 1. The van der Waals surface area contributed by atoms with E-state index in [2.05, 4.69) is 5.16 Å². The highest BCUT2D eigenvalue weighted by Gasteiger charge is 2.14. The molecule has 0 saturated carbocycles. The van der Waals surface area contributed by atoms with Gasteiger partial charge in [-0.15, -0.1) is 0 Å². The number of hydrogen-bond acceptors (Lipinski definition) is 4. The van der Waals surface area contributed by atoms with E-state index in [0.29, 0.717) is 11.1 Å². The Kier molecular flexibility index (Phi) is 4.67. The zero-order chi connectivity index (χ0) is 13.7. The van der Waals surface area contributed by atoms with Crippen LogP contribution in [0.4, 0.5) is 0 Å². The number of carbonyl (C=O) groups excluding carboxylic acids is 1. The Morgan fingerprint density at radius 2 is 2.11 bits per heavy atom. The molecule has 0 fully saturated rings. The number of likely N-dealkylation sites (N-methyl/N-ethyl adjacent to an activating group) is 1. The average molecular weight is 251 g/mol. The number of oxime groups is 1. The molecule has 1 unspecified atom stereocenters. The fourth-order valence-corrected chi connectivity index (χ4v) is 1.57. The predicted molar refractivity (Wildman–Crippen MR) is 67.6 cm³/mol. The molecule has 4 N–H and O–H groups in total. The SMILES string of the molecule is CC(O)CN(C)C(=O)c1cccc(/C(N)=N/O)c1. The van der Waals surface area contributed by atoms with Gasteiger partial charge in [-0.25, -0.2) is 0 Å². The Balaban J connectivity index is 2.93. The molecule has 0 saturated heterocycles. The molecule has 1 amide bonds. The molecule has 0 spiro atoms. The normalized spacial score (nSPS) is 13.2. The minimum atomic E-state index is -0.591. The Labute approximate surface area is 105 Å². The highest BCUT2D eigenvalue weighted by atomic mass is 16.4. The molecule has 0 bridgehead atoms. The molecule has 0 aliphatic carbocycles. The standard InChI is InChI=1S/C12H17N3O3/c1-8(16)7-15(2)12(17)10-5-3-4-9(6-10)11(13)14-18/h3-6,8,16,18H,7H2,1-2H3,(H2,13,14). The zero-order valence-electron chi connectivity index (χ0n) is 10.4. The van der Waals surface area contributed by atoms with Crippen LogP contribution in [0.25, 0.3) is 0 Å². The van der Waals surface area contributed by atoms with Gasteiger partial charge in [0.2, 0.25) is 0 Å². The molecule has 98 valence electrons. The lowest BCUT2D eigenvalue weighted by molar-refractivity contribution is 0.0703. The lowest BCUT2D eigenvalue weighted by atomic mass is 10.1. The monoisotopic (exact) mass is 251 g/mol. The van der Waals surface area contributed by atoms with Gasteiger partial charge in [-0.05, 0) is 19.1 Å². The van der Waals surface area contributed by atoms with E-state index in [0.717, 1.165) is 0 Å². The highest BCUT2D eigenvalue weighted by Crippen LogP contribution is 2.08.